The molecule has 2 aliphatic heterocycles. The number of ketones is 1. The van der Waals surface area contributed by atoms with Crippen LogP contribution in [0, 0.1) is 29.1 Å². The van der Waals surface area contributed by atoms with Crippen molar-refractivity contribution in [1.29, 1.82) is 0 Å². The summed E-state index contributed by atoms with van der Waals surface area (Å²) in [5.74, 6) is -1.74. The van der Waals surface area contributed by atoms with E-state index >= 15 is 0 Å². The number of carbonyl (C=O) groups excluding carboxylic acids is 4. The maximum atomic E-state index is 15.0. The fourth-order valence-corrected chi connectivity index (χ4v) is 11.2. The van der Waals surface area contributed by atoms with Gasteiger partial charge in [0.25, 0.3) is 0 Å². The molecule has 6 aliphatic rings. The predicted octanol–water partition coefficient (Wildman–Crippen LogP) is 5.77. The molecule has 1 N–H and O–H groups in total. The standard InChI is InChI=1S/C43H56N4O9S/c1-5-27-23-43(27,40(51)46-57(52,53)41(2)18-19-41)24-34(48)33-20-29-25-47(33)39(50)30(26-12-9-10-13-26)21-36(49)56-42(3)22-28(42)14-7-6-8-15-32-38(55-29)45-37-31(44-32)16-11-17-35(37)54-4/h5,11,16-17,26-30,33H,1,6-10,12-15,18-25H2,2-4H3,(H,46,51)/t27-,28-,29-,30+,33+,42-,43-/m1/s1. The Bertz CT molecular complexity index is 2080. The lowest BCUT2D eigenvalue weighted by Gasteiger charge is -2.31. The van der Waals surface area contributed by atoms with Gasteiger partial charge in [-0.25, -0.2) is 18.4 Å². The number of ether oxygens (including phenoxy) is 3. The molecular weight excluding hydrogens is 749 g/mol. The average molecular weight is 805 g/mol. The van der Waals surface area contributed by atoms with Crippen molar-refractivity contribution in [1.82, 2.24) is 19.6 Å². The van der Waals surface area contributed by atoms with Crippen LogP contribution in [0.5, 0.6) is 11.6 Å². The number of aryl methyl sites for hydroxylation is 1. The second-order valence-corrected chi connectivity index (χ2v) is 20.4. The minimum absolute atomic E-state index is 0.0423. The van der Waals surface area contributed by atoms with Gasteiger partial charge in [-0.15, -0.1) is 6.58 Å². The first-order chi connectivity index (χ1) is 27.2. The molecular formula is C43H56N4O9S. The van der Waals surface area contributed by atoms with Crippen LogP contribution in [0.3, 0.4) is 0 Å². The Morgan fingerprint density at radius 2 is 1.81 bits per heavy atom. The molecule has 3 heterocycles. The summed E-state index contributed by atoms with van der Waals surface area (Å²) in [4.78, 5) is 68.6. The van der Waals surface area contributed by atoms with Gasteiger partial charge in [0, 0.05) is 18.8 Å². The zero-order valence-electron chi connectivity index (χ0n) is 33.4. The van der Waals surface area contributed by atoms with E-state index in [4.69, 9.17) is 24.2 Å². The molecule has 2 bridgehead atoms. The number of para-hydroxylation sites is 1. The van der Waals surface area contributed by atoms with Gasteiger partial charge in [-0.2, -0.15) is 0 Å². The number of carbonyl (C=O) groups is 4. The van der Waals surface area contributed by atoms with Crippen molar-refractivity contribution in [3.63, 3.8) is 0 Å². The van der Waals surface area contributed by atoms with Crippen molar-refractivity contribution in [2.24, 2.45) is 29.1 Å². The van der Waals surface area contributed by atoms with E-state index in [9.17, 15) is 27.6 Å². The first kappa shape index (κ1) is 39.7. The predicted molar refractivity (Wildman–Crippen MR) is 211 cm³/mol. The summed E-state index contributed by atoms with van der Waals surface area (Å²) in [6, 6.07) is 4.59. The number of esters is 1. The topological polar surface area (TPSA) is 171 Å². The molecule has 1 aromatic carbocycles. The van der Waals surface area contributed by atoms with Crippen LogP contribution in [0.4, 0.5) is 0 Å². The second-order valence-electron chi connectivity index (χ2n) is 18.2. The highest BCUT2D eigenvalue weighted by molar-refractivity contribution is 7.91. The van der Waals surface area contributed by atoms with E-state index in [1.165, 1.54) is 0 Å². The lowest BCUT2D eigenvalue weighted by atomic mass is 9.86. The second kappa shape index (κ2) is 14.9. The average Bonchev–Trinajstić information content (AvgIpc) is 4.09. The minimum Gasteiger partial charge on any atom is -0.494 e. The number of Topliss-reactive ketones (excluding diaryl/α,β-unsaturated/α-hetero) is 1. The summed E-state index contributed by atoms with van der Waals surface area (Å²) in [7, 11) is -2.38. The summed E-state index contributed by atoms with van der Waals surface area (Å²) in [6.45, 7) is 7.53. The van der Waals surface area contributed by atoms with Crippen molar-refractivity contribution in [3.8, 4) is 11.6 Å². The van der Waals surface area contributed by atoms with E-state index in [1.54, 1.807) is 25.0 Å². The number of allylic oxidation sites excluding steroid dienone is 1. The van der Waals surface area contributed by atoms with Gasteiger partial charge < -0.3 is 19.1 Å². The van der Waals surface area contributed by atoms with E-state index in [1.807, 2.05) is 25.1 Å². The molecule has 308 valence electrons. The number of benzene rings is 1. The van der Waals surface area contributed by atoms with Crippen LogP contribution in [0.2, 0.25) is 0 Å². The number of fused-ring (bicyclic) bond motifs is 5. The number of nitrogens with one attached hydrogen (secondary N) is 1. The van der Waals surface area contributed by atoms with E-state index in [0.717, 1.165) is 57.8 Å². The molecule has 4 aliphatic carbocycles. The molecule has 7 atom stereocenters. The highest BCUT2D eigenvalue weighted by Crippen LogP contribution is 2.57. The Morgan fingerprint density at radius 1 is 1.05 bits per heavy atom. The van der Waals surface area contributed by atoms with Crippen molar-refractivity contribution in [2.75, 3.05) is 13.7 Å². The molecule has 14 heteroatoms. The first-order valence-electron chi connectivity index (χ1n) is 20.9. The van der Waals surface area contributed by atoms with Crippen LogP contribution in [-0.2, 0) is 40.4 Å². The van der Waals surface area contributed by atoms with Crippen LogP contribution in [-0.4, -0.2) is 83.0 Å². The normalized spacial score (nSPS) is 32.8. The SMILES string of the molecule is C=C[C@@H]1C[C@]1(CC(=O)[C@@H]1C[C@@H]2CN1C(=O)[C@H](C1CCCC1)CC(=O)O[C@]1(C)C[C@H]1CCCCCc1nc3cccc(OC)c3nc1O2)C(=O)NS(=O)(=O)C1(C)CC1. The summed E-state index contributed by atoms with van der Waals surface area (Å²) in [5, 5.41) is 0. The van der Waals surface area contributed by atoms with Gasteiger partial charge in [0.05, 0.1) is 47.7 Å². The molecule has 1 saturated heterocycles. The number of nitrogens with zero attached hydrogens (tertiary/aromatic N) is 3. The van der Waals surface area contributed by atoms with Crippen LogP contribution >= 0.6 is 0 Å². The first-order valence-corrected chi connectivity index (χ1v) is 22.4. The number of aromatic nitrogens is 2. The quantitative estimate of drug-likeness (QED) is 0.241. The maximum absolute atomic E-state index is 15.0. The van der Waals surface area contributed by atoms with Crippen molar-refractivity contribution >= 4 is 44.6 Å². The maximum Gasteiger partial charge on any atom is 0.307 e. The summed E-state index contributed by atoms with van der Waals surface area (Å²) in [6.07, 6.45) is 10.5. The lowest BCUT2D eigenvalue weighted by molar-refractivity contribution is -0.157. The van der Waals surface area contributed by atoms with E-state index in [2.05, 4.69) is 11.3 Å². The minimum atomic E-state index is -3.95. The van der Waals surface area contributed by atoms with Crippen LogP contribution in [0.25, 0.3) is 11.0 Å². The number of hydrogen-bond acceptors (Lipinski definition) is 11. The van der Waals surface area contributed by atoms with Crippen molar-refractivity contribution in [3.05, 3.63) is 36.5 Å². The Balaban J connectivity index is 1.13. The third-order valence-electron chi connectivity index (χ3n) is 14.1. The van der Waals surface area contributed by atoms with Crippen LogP contribution in [0.1, 0.15) is 116 Å². The van der Waals surface area contributed by atoms with E-state index in [0.29, 0.717) is 47.6 Å². The zero-order chi connectivity index (χ0) is 40.3. The van der Waals surface area contributed by atoms with Crippen molar-refractivity contribution < 1.29 is 41.8 Å². The number of rotatable bonds is 9. The van der Waals surface area contributed by atoms with Gasteiger partial charge >= 0.3 is 5.97 Å². The van der Waals surface area contributed by atoms with E-state index in [-0.39, 0.29) is 61.7 Å². The number of amides is 2. The molecule has 5 fully saturated rings. The summed E-state index contributed by atoms with van der Waals surface area (Å²) in [5.41, 5.74) is 0.0619. The number of methoxy groups -OCH3 is 1. The fourth-order valence-electron chi connectivity index (χ4n) is 9.82. The van der Waals surface area contributed by atoms with E-state index < -0.39 is 55.7 Å². The Labute approximate surface area is 335 Å². The molecule has 0 spiro atoms. The van der Waals surface area contributed by atoms with Gasteiger partial charge in [-0.1, -0.05) is 37.8 Å². The Kier molecular flexibility index (Phi) is 10.4. The van der Waals surface area contributed by atoms with Gasteiger partial charge in [0.2, 0.25) is 27.7 Å². The van der Waals surface area contributed by atoms with Crippen molar-refractivity contribution in [2.45, 2.75) is 139 Å². The largest absolute Gasteiger partial charge is 0.494 e. The summed E-state index contributed by atoms with van der Waals surface area (Å²) < 4.78 is 46.0. The highest BCUT2D eigenvalue weighted by Gasteiger charge is 2.63. The third kappa shape index (κ3) is 7.67. The smallest absolute Gasteiger partial charge is 0.307 e. The van der Waals surface area contributed by atoms with Crippen LogP contribution < -0.4 is 14.2 Å². The monoisotopic (exact) mass is 804 g/mol. The zero-order valence-corrected chi connectivity index (χ0v) is 34.2. The van der Waals surface area contributed by atoms with Gasteiger partial charge in [0.15, 0.2) is 5.78 Å². The molecule has 0 radical (unpaired) electrons. The van der Waals surface area contributed by atoms with Gasteiger partial charge in [-0.05, 0) is 95.6 Å². The molecule has 8 rings (SSSR count). The Morgan fingerprint density at radius 3 is 2.51 bits per heavy atom. The molecule has 2 amide bonds. The summed E-state index contributed by atoms with van der Waals surface area (Å²) >= 11 is 0. The Hall–Kier alpha value is -4.07. The number of hydrogen-bond donors (Lipinski definition) is 1. The lowest BCUT2D eigenvalue weighted by Crippen LogP contribution is -2.48. The molecule has 57 heavy (non-hydrogen) atoms. The molecule has 4 saturated carbocycles. The molecule has 2 aromatic rings. The van der Waals surface area contributed by atoms with Crippen LogP contribution in [0.15, 0.2) is 30.9 Å². The fraction of sp³-hybridized carbons (Fsp3) is 0.674. The molecule has 0 unspecified atom stereocenters. The van der Waals surface area contributed by atoms with Gasteiger partial charge in [0.1, 0.15) is 28.7 Å². The molecule has 1 aromatic heterocycles. The third-order valence-corrected chi connectivity index (χ3v) is 16.3. The highest BCUT2D eigenvalue weighted by atomic mass is 32.2. The number of sulfonamides is 1. The van der Waals surface area contributed by atoms with Gasteiger partial charge in [-0.3, -0.25) is 23.9 Å². The molecule has 13 nitrogen and oxygen atoms in total.